The van der Waals surface area contributed by atoms with Gasteiger partial charge in [0.05, 0.1) is 0 Å². The maximum Gasteiger partial charge on any atom is 0.119 e. The molecule has 0 aromatic heterocycles. The summed E-state index contributed by atoms with van der Waals surface area (Å²) in [6, 6.07) is 10.0. The third-order valence-corrected chi connectivity index (χ3v) is 3.86. The van der Waals surface area contributed by atoms with Gasteiger partial charge in [-0.2, -0.15) is 0 Å². The fourth-order valence-electron chi connectivity index (χ4n) is 2.60. The van der Waals surface area contributed by atoms with Crippen LogP contribution in [0.25, 0.3) is 0 Å². The van der Waals surface area contributed by atoms with E-state index in [1.54, 1.807) is 0 Å². The van der Waals surface area contributed by atoms with Crippen molar-refractivity contribution in [2.75, 3.05) is 19.7 Å². The number of ether oxygens (including phenoxy) is 1. The molecule has 1 aliphatic carbocycles. The van der Waals surface area contributed by atoms with E-state index in [0.717, 1.165) is 37.3 Å². The average molecular weight is 247 g/mol. The molecular weight excluding hydrogens is 222 g/mol. The SMILES string of the molecule is CC1CCC(CNCCOc2ccccc2)CC1. The van der Waals surface area contributed by atoms with Crippen molar-refractivity contribution in [1.82, 2.24) is 5.32 Å². The molecule has 0 radical (unpaired) electrons. The van der Waals surface area contributed by atoms with Gasteiger partial charge in [-0.05, 0) is 43.4 Å². The first kappa shape index (κ1) is 13.4. The predicted molar refractivity (Wildman–Crippen MR) is 75.9 cm³/mol. The molecule has 1 saturated carbocycles. The Morgan fingerprint density at radius 3 is 2.56 bits per heavy atom. The van der Waals surface area contributed by atoms with Gasteiger partial charge in [0.1, 0.15) is 12.4 Å². The maximum absolute atomic E-state index is 5.65. The summed E-state index contributed by atoms with van der Waals surface area (Å²) in [5.41, 5.74) is 0. The van der Waals surface area contributed by atoms with Crippen LogP contribution >= 0.6 is 0 Å². The zero-order chi connectivity index (χ0) is 12.6. The molecule has 1 aliphatic rings. The molecule has 1 aromatic rings. The van der Waals surface area contributed by atoms with Gasteiger partial charge in [-0.15, -0.1) is 0 Å². The Bertz CT molecular complexity index is 317. The molecule has 2 heteroatoms. The van der Waals surface area contributed by atoms with Crippen LogP contribution in [0.3, 0.4) is 0 Å². The fourth-order valence-corrected chi connectivity index (χ4v) is 2.60. The van der Waals surface area contributed by atoms with E-state index in [9.17, 15) is 0 Å². The van der Waals surface area contributed by atoms with E-state index in [2.05, 4.69) is 12.2 Å². The van der Waals surface area contributed by atoms with Crippen LogP contribution in [0, 0.1) is 11.8 Å². The van der Waals surface area contributed by atoms with Crippen molar-refractivity contribution in [3.8, 4) is 5.75 Å². The molecule has 18 heavy (non-hydrogen) atoms. The summed E-state index contributed by atoms with van der Waals surface area (Å²) >= 11 is 0. The summed E-state index contributed by atoms with van der Waals surface area (Å²) in [6.45, 7) is 5.23. The molecule has 2 rings (SSSR count). The first-order valence-electron chi connectivity index (χ1n) is 7.23. The van der Waals surface area contributed by atoms with Crippen molar-refractivity contribution in [1.29, 1.82) is 0 Å². The topological polar surface area (TPSA) is 21.3 Å². The van der Waals surface area contributed by atoms with Crippen molar-refractivity contribution < 1.29 is 4.74 Å². The lowest BCUT2D eigenvalue weighted by Gasteiger charge is -2.26. The Morgan fingerprint density at radius 1 is 1.11 bits per heavy atom. The highest BCUT2D eigenvalue weighted by molar-refractivity contribution is 5.20. The molecule has 0 spiro atoms. The van der Waals surface area contributed by atoms with Gasteiger partial charge in [-0.3, -0.25) is 0 Å². The minimum Gasteiger partial charge on any atom is -0.492 e. The van der Waals surface area contributed by atoms with Crippen LogP contribution in [0.5, 0.6) is 5.75 Å². The molecule has 1 aromatic carbocycles. The zero-order valence-corrected chi connectivity index (χ0v) is 11.4. The van der Waals surface area contributed by atoms with Gasteiger partial charge in [0.25, 0.3) is 0 Å². The van der Waals surface area contributed by atoms with Crippen molar-refractivity contribution in [3.63, 3.8) is 0 Å². The van der Waals surface area contributed by atoms with E-state index >= 15 is 0 Å². The Hall–Kier alpha value is -1.02. The normalized spacial score (nSPS) is 23.8. The van der Waals surface area contributed by atoms with Gasteiger partial charge >= 0.3 is 0 Å². The minimum atomic E-state index is 0.757. The monoisotopic (exact) mass is 247 g/mol. The lowest BCUT2D eigenvalue weighted by Crippen LogP contribution is -2.29. The second kappa shape index (κ2) is 7.42. The summed E-state index contributed by atoms with van der Waals surface area (Å²) in [5, 5.41) is 3.52. The molecule has 1 N–H and O–H groups in total. The molecule has 0 bridgehead atoms. The third kappa shape index (κ3) is 4.69. The van der Waals surface area contributed by atoms with Crippen molar-refractivity contribution in [2.45, 2.75) is 32.6 Å². The second-order valence-corrected chi connectivity index (χ2v) is 5.49. The Morgan fingerprint density at radius 2 is 1.83 bits per heavy atom. The van der Waals surface area contributed by atoms with Crippen molar-refractivity contribution in [2.24, 2.45) is 11.8 Å². The Labute approximate surface area is 111 Å². The quantitative estimate of drug-likeness (QED) is 0.777. The summed E-state index contributed by atoms with van der Waals surface area (Å²) in [6.07, 6.45) is 5.61. The van der Waals surface area contributed by atoms with E-state index in [4.69, 9.17) is 4.74 Å². The summed E-state index contributed by atoms with van der Waals surface area (Å²) in [4.78, 5) is 0. The van der Waals surface area contributed by atoms with Crippen LogP contribution in [0.4, 0.5) is 0 Å². The van der Waals surface area contributed by atoms with Gasteiger partial charge in [-0.1, -0.05) is 38.0 Å². The first-order chi connectivity index (χ1) is 8.84. The molecule has 0 aliphatic heterocycles. The van der Waals surface area contributed by atoms with Gasteiger partial charge in [0, 0.05) is 6.54 Å². The molecule has 0 atom stereocenters. The average Bonchev–Trinajstić information content (AvgIpc) is 2.42. The van der Waals surface area contributed by atoms with E-state index in [-0.39, 0.29) is 0 Å². The predicted octanol–water partition coefficient (Wildman–Crippen LogP) is 3.48. The van der Waals surface area contributed by atoms with Gasteiger partial charge in [0.15, 0.2) is 0 Å². The van der Waals surface area contributed by atoms with Crippen molar-refractivity contribution in [3.05, 3.63) is 30.3 Å². The van der Waals surface area contributed by atoms with Gasteiger partial charge in [-0.25, -0.2) is 0 Å². The van der Waals surface area contributed by atoms with Crippen LogP contribution in [0.15, 0.2) is 30.3 Å². The van der Waals surface area contributed by atoms with Crippen LogP contribution < -0.4 is 10.1 Å². The van der Waals surface area contributed by atoms with Crippen LogP contribution in [0.2, 0.25) is 0 Å². The first-order valence-corrected chi connectivity index (χ1v) is 7.23. The second-order valence-electron chi connectivity index (χ2n) is 5.49. The molecular formula is C16H25NO. The minimum absolute atomic E-state index is 0.757. The number of nitrogens with one attached hydrogen (secondary N) is 1. The van der Waals surface area contributed by atoms with Crippen molar-refractivity contribution >= 4 is 0 Å². The lowest BCUT2D eigenvalue weighted by atomic mass is 9.83. The summed E-state index contributed by atoms with van der Waals surface area (Å²) in [7, 11) is 0. The highest BCUT2D eigenvalue weighted by Gasteiger charge is 2.17. The van der Waals surface area contributed by atoms with Gasteiger partial charge in [0.2, 0.25) is 0 Å². The van der Waals surface area contributed by atoms with E-state index in [1.165, 1.54) is 25.7 Å². The third-order valence-electron chi connectivity index (χ3n) is 3.86. The zero-order valence-electron chi connectivity index (χ0n) is 11.4. The summed E-state index contributed by atoms with van der Waals surface area (Å²) < 4.78 is 5.65. The number of hydrogen-bond donors (Lipinski definition) is 1. The largest absolute Gasteiger partial charge is 0.492 e. The molecule has 100 valence electrons. The summed E-state index contributed by atoms with van der Waals surface area (Å²) in [5.74, 6) is 2.80. The van der Waals surface area contributed by atoms with E-state index in [0.29, 0.717) is 0 Å². The molecule has 0 amide bonds. The molecule has 0 heterocycles. The smallest absolute Gasteiger partial charge is 0.119 e. The Balaban J connectivity index is 1.51. The maximum atomic E-state index is 5.65. The number of hydrogen-bond acceptors (Lipinski definition) is 2. The van der Waals surface area contributed by atoms with Crippen LogP contribution in [0.1, 0.15) is 32.6 Å². The molecule has 0 unspecified atom stereocenters. The van der Waals surface area contributed by atoms with Crippen LogP contribution in [-0.4, -0.2) is 19.7 Å². The molecule has 0 saturated heterocycles. The fraction of sp³-hybridized carbons (Fsp3) is 0.625. The number of rotatable bonds is 6. The highest BCUT2D eigenvalue weighted by Crippen LogP contribution is 2.27. The number of benzene rings is 1. The van der Waals surface area contributed by atoms with Crippen LogP contribution in [-0.2, 0) is 0 Å². The van der Waals surface area contributed by atoms with E-state index in [1.807, 2.05) is 30.3 Å². The van der Waals surface area contributed by atoms with E-state index < -0.39 is 0 Å². The standard InChI is InChI=1S/C16H25NO/c1-14-7-9-15(10-8-14)13-17-11-12-18-16-5-3-2-4-6-16/h2-6,14-15,17H,7-13H2,1H3. The Kier molecular flexibility index (Phi) is 5.53. The highest BCUT2D eigenvalue weighted by atomic mass is 16.5. The lowest BCUT2D eigenvalue weighted by molar-refractivity contribution is 0.268. The number of para-hydroxylation sites is 1. The molecule has 1 fully saturated rings. The molecule has 2 nitrogen and oxygen atoms in total. The van der Waals surface area contributed by atoms with Gasteiger partial charge < -0.3 is 10.1 Å².